The Morgan fingerprint density at radius 3 is 2.54 bits per heavy atom. The lowest BCUT2D eigenvalue weighted by atomic mass is 10.2. The molecule has 1 aliphatic heterocycles. The molecule has 8 nitrogen and oxygen atoms in total. The zero-order chi connectivity index (χ0) is 18.7. The molecule has 0 saturated heterocycles. The van der Waals surface area contributed by atoms with Gasteiger partial charge in [0.25, 0.3) is 15.9 Å². The minimum atomic E-state index is -3.67. The second-order valence-electron chi connectivity index (χ2n) is 5.53. The molecule has 1 amide bonds. The van der Waals surface area contributed by atoms with Crippen molar-refractivity contribution in [1.29, 1.82) is 5.26 Å². The van der Waals surface area contributed by atoms with E-state index >= 15 is 0 Å². The second-order valence-corrected chi connectivity index (χ2v) is 7.39. The van der Waals surface area contributed by atoms with Gasteiger partial charge in [-0.2, -0.15) is 10.4 Å². The van der Waals surface area contributed by atoms with Crippen molar-refractivity contribution in [2.24, 2.45) is 10.8 Å². The fourth-order valence-electron chi connectivity index (χ4n) is 2.64. The van der Waals surface area contributed by atoms with Crippen LogP contribution in [0.5, 0.6) is 0 Å². The topological polar surface area (TPSA) is 129 Å². The second kappa shape index (κ2) is 6.85. The molecule has 1 aliphatic rings. The highest BCUT2D eigenvalue weighted by atomic mass is 32.2. The average Bonchev–Trinajstić information content (AvgIpc) is 3.07. The average molecular weight is 369 g/mol. The molecule has 0 aromatic heterocycles. The lowest BCUT2D eigenvalue weighted by Gasteiger charge is -2.19. The van der Waals surface area contributed by atoms with E-state index in [0.29, 0.717) is 24.3 Å². The maximum absolute atomic E-state index is 12.9. The van der Waals surface area contributed by atoms with Crippen LogP contribution in [0.15, 0.2) is 58.5 Å². The summed E-state index contributed by atoms with van der Waals surface area (Å²) in [6, 6.07) is 14.8. The number of benzene rings is 2. The molecule has 0 atom stereocenters. The van der Waals surface area contributed by atoms with E-state index in [1.165, 1.54) is 28.6 Å². The number of primary amides is 1. The number of anilines is 2. The minimum absolute atomic E-state index is 0.138. The highest BCUT2D eigenvalue weighted by Crippen LogP contribution is 2.32. The van der Waals surface area contributed by atoms with Gasteiger partial charge in [-0.25, -0.2) is 8.42 Å². The summed E-state index contributed by atoms with van der Waals surface area (Å²) < 4.78 is 27.2. The Morgan fingerprint density at radius 1 is 1.19 bits per heavy atom. The van der Waals surface area contributed by atoms with Crippen LogP contribution in [0.4, 0.5) is 11.4 Å². The summed E-state index contributed by atoms with van der Waals surface area (Å²) in [6.07, 6.45) is 0.674. The molecule has 0 radical (unpaired) electrons. The third kappa shape index (κ3) is 3.22. The number of hydrogen-bond acceptors (Lipinski definition) is 6. The highest BCUT2D eigenvalue weighted by molar-refractivity contribution is 7.92. The van der Waals surface area contributed by atoms with E-state index < -0.39 is 21.6 Å². The summed E-state index contributed by atoms with van der Waals surface area (Å²) in [5, 5.41) is 12.3. The van der Waals surface area contributed by atoms with E-state index in [9.17, 15) is 13.2 Å². The smallest absolute Gasteiger partial charge is 0.280 e. The molecule has 132 valence electrons. The summed E-state index contributed by atoms with van der Waals surface area (Å²) in [7, 11) is -3.67. The summed E-state index contributed by atoms with van der Waals surface area (Å²) in [5.41, 5.74) is 9.11. The van der Waals surface area contributed by atoms with E-state index in [1.54, 1.807) is 12.1 Å². The Balaban J connectivity index is 1.83. The van der Waals surface area contributed by atoms with E-state index in [4.69, 9.17) is 11.0 Å². The van der Waals surface area contributed by atoms with Gasteiger partial charge >= 0.3 is 0 Å². The lowest BCUT2D eigenvalue weighted by molar-refractivity contribution is -0.111. The molecule has 0 unspecified atom stereocenters. The molecule has 0 aliphatic carbocycles. The van der Waals surface area contributed by atoms with Gasteiger partial charge in [0, 0.05) is 6.54 Å². The maximum atomic E-state index is 12.9. The third-order valence-electron chi connectivity index (χ3n) is 3.92. The Kier molecular flexibility index (Phi) is 4.60. The molecule has 0 bridgehead atoms. The molecular weight excluding hydrogens is 354 g/mol. The van der Waals surface area contributed by atoms with Crippen molar-refractivity contribution in [2.45, 2.75) is 11.3 Å². The van der Waals surface area contributed by atoms with Gasteiger partial charge in [-0.05, 0) is 42.3 Å². The van der Waals surface area contributed by atoms with Gasteiger partial charge in [0.05, 0.1) is 16.3 Å². The van der Waals surface area contributed by atoms with Crippen molar-refractivity contribution in [3.05, 3.63) is 54.1 Å². The molecule has 0 fully saturated rings. The van der Waals surface area contributed by atoms with E-state index in [0.717, 1.165) is 5.56 Å². The first-order chi connectivity index (χ1) is 12.4. The number of nitrogens with one attached hydrogen (secondary N) is 1. The van der Waals surface area contributed by atoms with Gasteiger partial charge in [0.2, 0.25) is 5.71 Å². The molecule has 0 saturated carbocycles. The molecule has 2 aromatic carbocycles. The zero-order valence-electron chi connectivity index (χ0n) is 13.6. The number of fused-ring (bicyclic) bond motifs is 1. The van der Waals surface area contributed by atoms with Crippen molar-refractivity contribution in [1.82, 2.24) is 0 Å². The number of hydrogen-bond donors (Lipinski definition) is 2. The van der Waals surface area contributed by atoms with Crippen LogP contribution < -0.4 is 15.5 Å². The van der Waals surface area contributed by atoms with Crippen molar-refractivity contribution in [3.63, 3.8) is 0 Å². The lowest BCUT2D eigenvalue weighted by Crippen LogP contribution is -2.29. The molecule has 2 aromatic rings. The molecular formula is C17H15N5O3S. The number of amides is 1. The Hall–Kier alpha value is -3.38. The SMILES string of the molecule is N#C/C(=N\Nc1ccc(S(=O)(=O)N2CCc3ccccc32)cc1)C(N)=O. The third-order valence-corrected chi connectivity index (χ3v) is 5.75. The van der Waals surface area contributed by atoms with Crippen molar-refractivity contribution in [2.75, 3.05) is 16.3 Å². The fraction of sp³-hybridized carbons (Fsp3) is 0.118. The summed E-state index contributed by atoms with van der Waals surface area (Å²) >= 11 is 0. The van der Waals surface area contributed by atoms with Crippen LogP contribution >= 0.6 is 0 Å². The van der Waals surface area contributed by atoms with Crippen molar-refractivity contribution < 1.29 is 13.2 Å². The molecule has 26 heavy (non-hydrogen) atoms. The van der Waals surface area contributed by atoms with Gasteiger partial charge in [0.15, 0.2) is 0 Å². The maximum Gasteiger partial charge on any atom is 0.280 e. The minimum Gasteiger partial charge on any atom is -0.364 e. The van der Waals surface area contributed by atoms with Crippen LogP contribution in [-0.2, 0) is 21.2 Å². The number of rotatable bonds is 5. The van der Waals surface area contributed by atoms with Crippen LogP contribution in [0, 0.1) is 11.3 Å². The number of para-hydroxylation sites is 1. The van der Waals surface area contributed by atoms with Gasteiger partial charge in [-0.3, -0.25) is 14.5 Å². The predicted octanol–water partition coefficient (Wildman–Crippen LogP) is 1.21. The Labute approximate surface area is 150 Å². The first kappa shape index (κ1) is 17.4. The van der Waals surface area contributed by atoms with Gasteiger partial charge in [-0.15, -0.1) is 0 Å². The standard InChI is InChI=1S/C17H15N5O3S/c18-11-15(17(19)23)21-20-13-5-7-14(8-6-13)26(24,25)22-10-9-12-3-1-2-4-16(12)22/h1-8,20H,9-10H2,(H2,19,23)/b21-15+. The van der Waals surface area contributed by atoms with E-state index in [1.807, 2.05) is 18.2 Å². The Morgan fingerprint density at radius 2 is 1.88 bits per heavy atom. The van der Waals surface area contributed by atoms with E-state index in [-0.39, 0.29) is 4.90 Å². The van der Waals surface area contributed by atoms with E-state index in [2.05, 4.69) is 10.5 Å². The normalized spacial score (nSPS) is 13.8. The van der Waals surface area contributed by atoms with Gasteiger partial charge < -0.3 is 5.73 Å². The summed E-state index contributed by atoms with van der Waals surface area (Å²) in [4.78, 5) is 11.1. The molecule has 0 spiro atoms. The molecule has 3 N–H and O–H groups in total. The number of nitriles is 1. The van der Waals surface area contributed by atoms with Crippen LogP contribution in [0.1, 0.15) is 5.56 Å². The van der Waals surface area contributed by atoms with Crippen LogP contribution in [-0.4, -0.2) is 26.6 Å². The van der Waals surface area contributed by atoms with Crippen molar-refractivity contribution >= 4 is 33.0 Å². The zero-order valence-corrected chi connectivity index (χ0v) is 14.4. The number of nitrogens with two attached hydrogens (primary N) is 1. The number of hydrazone groups is 1. The van der Waals surface area contributed by atoms with Crippen LogP contribution in [0.25, 0.3) is 0 Å². The van der Waals surface area contributed by atoms with Crippen LogP contribution in [0.3, 0.4) is 0 Å². The Bertz CT molecular complexity index is 1020. The number of carbonyl (C=O) groups is 1. The molecule has 9 heteroatoms. The van der Waals surface area contributed by atoms with Gasteiger partial charge in [-0.1, -0.05) is 18.2 Å². The largest absolute Gasteiger partial charge is 0.364 e. The molecule has 3 rings (SSSR count). The number of nitrogens with zero attached hydrogens (tertiary/aromatic N) is 3. The number of sulfonamides is 1. The van der Waals surface area contributed by atoms with Gasteiger partial charge in [0.1, 0.15) is 6.07 Å². The van der Waals surface area contributed by atoms with Crippen LogP contribution in [0.2, 0.25) is 0 Å². The first-order valence-corrected chi connectivity index (χ1v) is 9.12. The molecule has 1 heterocycles. The monoisotopic (exact) mass is 369 g/mol. The summed E-state index contributed by atoms with van der Waals surface area (Å²) in [6.45, 7) is 0.399. The quantitative estimate of drug-likeness (QED) is 0.605. The summed E-state index contributed by atoms with van der Waals surface area (Å²) in [5.74, 6) is -0.952. The highest BCUT2D eigenvalue weighted by Gasteiger charge is 2.30. The number of carbonyl (C=O) groups excluding carboxylic acids is 1. The fourth-order valence-corrected chi connectivity index (χ4v) is 4.15. The predicted molar refractivity (Wildman–Crippen MR) is 97.0 cm³/mol. The first-order valence-electron chi connectivity index (χ1n) is 7.68. The van der Waals surface area contributed by atoms with Crippen molar-refractivity contribution in [3.8, 4) is 6.07 Å².